The number of rotatable bonds is 13. The van der Waals surface area contributed by atoms with Crippen LogP contribution in [0.2, 0.25) is 0 Å². The minimum absolute atomic E-state index is 0.0624. The monoisotopic (exact) mass is 660 g/mol. The van der Waals surface area contributed by atoms with E-state index in [9.17, 15) is 33.9 Å². The summed E-state index contributed by atoms with van der Waals surface area (Å²) in [6.07, 6.45) is -0.589. The number of amides is 5. The van der Waals surface area contributed by atoms with Gasteiger partial charge >= 0.3 is 18.0 Å². The van der Waals surface area contributed by atoms with E-state index in [1.807, 2.05) is 30.3 Å². The molecule has 2 rings (SSSR count). The van der Waals surface area contributed by atoms with E-state index in [-0.39, 0.29) is 10.8 Å². The lowest BCUT2D eigenvalue weighted by molar-refractivity contribution is -0.159. The Labute approximate surface area is 272 Å². The van der Waals surface area contributed by atoms with Crippen LogP contribution in [0.1, 0.15) is 77.9 Å². The number of ether oxygens (including phenoxy) is 1. The first-order valence-corrected chi connectivity index (χ1v) is 15.5. The fourth-order valence-electron chi connectivity index (χ4n) is 4.71. The molecular formula is C31H44N6O8S. The van der Waals surface area contributed by atoms with Crippen LogP contribution in [0.25, 0.3) is 0 Å². The first-order valence-electron chi connectivity index (χ1n) is 14.6. The summed E-state index contributed by atoms with van der Waals surface area (Å²) in [5.41, 5.74) is -2.75. The molecule has 0 spiro atoms. The summed E-state index contributed by atoms with van der Waals surface area (Å²) in [6.45, 7) is 12.9. The average molecular weight is 661 g/mol. The summed E-state index contributed by atoms with van der Waals surface area (Å²) in [4.78, 5) is 80.4. The van der Waals surface area contributed by atoms with Crippen LogP contribution in [0.4, 0.5) is 9.93 Å². The molecule has 14 nitrogen and oxygen atoms in total. The molecule has 46 heavy (non-hydrogen) atoms. The number of thiazole rings is 1. The number of nitrogens with zero attached hydrogens (tertiary/aromatic N) is 1. The van der Waals surface area contributed by atoms with Gasteiger partial charge in [-0.2, -0.15) is 0 Å². The molecule has 0 saturated heterocycles. The number of urea groups is 1. The molecule has 0 aliphatic carbocycles. The van der Waals surface area contributed by atoms with Crippen LogP contribution in [0, 0.1) is 11.3 Å². The number of carbonyl (C=O) groups is 6. The van der Waals surface area contributed by atoms with Crippen LogP contribution >= 0.6 is 11.3 Å². The van der Waals surface area contributed by atoms with E-state index in [1.165, 1.54) is 5.38 Å². The second kappa shape index (κ2) is 15.7. The van der Waals surface area contributed by atoms with Crippen LogP contribution in [-0.4, -0.2) is 69.5 Å². The van der Waals surface area contributed by atoms with Crippen molar-refractivity contribution in [2.24, 2.45) is 11.3 Å². The third kappa shape index (κ3) is 10.8. The van der Waals surface area contributed by atoms with Crippen molar-refractivity contribution >= 4 is 52.2 Å². The maximum atomic E-state index is 13.5. The fourth-order valence-corrected chi connectivity index (χ4v) is 5.40. The number of hydrogen-bond acceptors (Lipinski definition) is 9. The van der Waals surface area contributed by atoms with E-state index in [1.54, 1.807) is 55.4 Å². The Bertz CT molecular complexity index is 1410. The van der Waals surface area contributed by atoms with Gasteiger partial charge in [0.15, 0.2) is 5.13 Å². The second-order valence-electron chi connectivity index (χ2n) is 12.9. The molecule has 2 atom stereocenters. The molecule has 2 aromatic rings. The minimum atomic E-state index is -1.75. The zero-order valence-corrected chi connectivity index (χ0v) is 28.2. The van der Waals surface area contributed by atoms with Crippen molar-refractivity contribution < 1.29 is 38.6 Å². The average Bonchev–Trinajstić information content (AvgIpc) is 3.40. The number of aliphatic carboxylic acids is 1. The predicted octanol–water partition coefficient (Wildman–Crippen LogP) is 3.05. The van der Waals surface area contributed by atoms with E-state index < -0.39 is 77.2 Å². The van der Waals surface area contributed by atoms with Gasteiger partial charge in [0.05, 0.1) is 13.0 Å². The van der Waals surface area contributed by atoms with Crippen LogP contribution in [-0.2, 0) is 30.5 Å². The van der Waals surface area contributed by atoms with Gasteiger partial charge in [0.2, 0.25) is 11.8 Å². The molecule has 5 amide bonds. The Morgan fingerprint density at radius 1 is 0.957 bits per heavy atom. The van der Waals surface area contributed by atoms with E-state index in [4.69, 9.17) is 4.74 Å². The van der Waals surface area contributed by atoms with Gasteiger partial charge in [0.1, 0.15) is 22.9 Å². The zero-order valence-electron chi connectivity index (χ0n) is 27.4. The summed E-state index contributed by atoms with van der Waals surface area (Å²) in [5.74, 6) is -5.10. The van der Waals surface area contributed by atoms with Gasteiger partial charge in [-0.15, -0.1) is 11.3 Å². The molecule has 1 aromatic heterocycles. The van der Waals surface area contributed by atoms with Gasteiger partial charge in [0.25, 0.3) is 5.91 Å². The second-order valence-corrected chi connectivity index (χ2v) is 13.8. The quantitative estimate of drug-likeness (QED) is 0.174. The molecule has 252 valence electrons. The van der Waals surface area contributed by atoms with Gasteiger partial charge in [-0.3, -0.25) is 24.5 Å². The molecule has 0 aliphatic rings. The van der Waals surface area contributed by atoms with Crippen LogP contribution < -0.4 is 26.6 Å². The van der Waals surface area contributed by atoms with Crippen molar-refractivity contribution in [1.29, 1.82) is 0 Å². The molecule has 1 heterocycles. The number of benzene rings is 1. The molecule has 0 saturated carbocycles. The lowest BCUT2D eigenvalue weighted by Gasteiger charge is -2.45. The topological polar surface area (TPSA) is 205 Å². The summed E-state index contributed by atoms with van der Waals surface area (Å²) in [5, 5.41) is 24.3. The van der Waals surface area contributed by atoms with Gasteiger partial charge in [-0.1, -0.05) is 65.0 Å². The molecule has 2 unspecified atom stereocenters. The summed E-state index contributed by atoms with van der Waals surface area (Å²) in [6, 6.07) is 7.24. The van der Waals surface area contributed by atoms with Gasteiger partial charge in [-0.25, -0.2) is 14.6 Å². The van der Waals surface area contributed by atoms with Crippen LogP contribution in [0.15, 0.2) is 35.7 Å². The number of carbonyl (C=O) groups excluding carboxylic acids is 5. The van der Waals surface area contributed by atoms with Crippen LogP contribution in [0.5, 0.6) is 0 Å². The Balaban J connectivity index is 2.08. The first kappa shape index (κ1) is 37.7. The number of aromatic nitrogens is 1. The SMILES string of the molecule is CC(C)C(NC(=O)C(CC(=O)OC(C)(C)C)NC(=O)CNC(=O)c1csc(NC(=O)NCc2ccccc2)n1)(C(=O)O)C(C)(C)C. The Morgan fingerprint density at radius 3 is 2.13 bits per heavy atom. The molecule has 0 aliphatic heterocycles. The highest BCUT2D eigenvalue weighted by Gasteiger charge is 2.53. The molecule has 6 N–H and O–H groups in total. The number of hydrogen-bond donors (Lipinski definition) is 6. The lowest BCUT2D eigenvalue weighted by Crippen LogP contribution is -2.68. The predicted molar refractivity (Wildman–Crippen MR) is 172 cm³/mol. The van der Waals surface area contributed by atoms with Crippen molar-refractivity contribution in [1.82, 2.24) is 26.3 Å². The van der Waals surface area contributed by atoms with Crippen molar-refractivity contribution in [3.05, 3.63) is 47.0 Å². The highest BCUT2D eigenvalue weighted by Crippen LogP contribution is 2.37. The molecule has 1 aromatic carbocycles. The van der Waals surface area contributed by atoms with Crippen molar-refractivity contribution in [2.45, 2.75) is 85.5 Å². The lowest BCUT2D eigenvalue weighted by atomic mass is 9.67. The molecule has 15 heteroatoms. The standard InChI is InChI=1S/C31H44N6O8S/c1-18(2)31(26(42)43,29(3,4)5)37-25(41)20(14-23(39)45-30(6,7)8)34-22(38)16-32-24(40)21-17-46-28(35-21)36-27(44)33-15-19-12-10-9-11-13-19/h9-13,17-18,20H,14-16H2,1-8H3,(H,32,40)(H,34,38)(H,37,41)(H,42,43)(H2,33,35,36,44). The van der Waals surface area contributed by atoms with Gasteiger partial charge in [-0.05, 0) is 37.7 Å². The number of nitrogens with one attached hydrogen (secondary N) is 5. The number of esters is 1. The Kier molecular flexibility index (Phi) is 12.8. The fraction of sp³-hybridized carbons (Fsp3) is 0.516. The zero-order chi connectivity index (χ0) is 34.9. The third-order valence-corrected chi connectivity index (χ3v) is 7.57. The van der Waals surface area contributed by atoms with Gasteiger partial charge in [0, 0.05) is 11.9 Å². The smallest absolute Gasteiger partial charge is 0.330 e. The molecule has 0 fully saturated rings. The van der Waals surface area contributed by atoms with Crippen molar-refractivity contribution in [3.8, 4) is 0 Å². The highest BCUT2D eigenvalue weighted by atomic mass is 32.1. The van der Waals surface area contributed by atoms with E-state index in [2.05, 4.69) is 31.6 Å². The van der Waals surface area contributed by atoms with E-state index in [0.717, 1.165) is 16.9 Å². The Morgan fingerprint density at radius 2 is 1.59 bits per heavy atom. The van der Waals surface area contributed by atoms with Crippen molar-refractivity contribution in [3.63, 3.8) is 0 Å². The normalized spacial score (nSPS) is 13.5. The highest BCUT2D eigenvalue weighted by molar-refractivity contribution is 7.14. The Hall–Kier alpha value is -4.53. The molecule has 0 bridgehead atoms. The molecular weight excluding hydrogens is 616 g/mol. The maximum Gasteiger partial charge on any atom is 0.330 e. The maximum absolute atomic E-state index is 13.5. The molecule has 0 radical (unpaired) electrons. The number of anilines is 1. The van der Waals surface area contributed by atoms with Crippen LogP contribution in [0.3, 0.4) is 0 Å². The third-order valence-electron chi connectivity index (χ3n) is 6.81. The summed E-state index contributed by atoms with van der Waals surface area (Å²) < 4.78 is 5.32. The number of carboxylic acids is 1. The van der Waals surface area contributed by atoms with E-state index >= 15 is 0 Å². The first-order chi connectivity index (χ1) is 21.2. The minimum Gasteiger partial charge on any atom is -0.479 e. The summed E-state index contributed by atoms with van der Waals surface area (Å²) in [7, 11) is 0. The number of carboxylic acid groups (broad SMARTS) is 1. The largest absolute Gasteiger partial charge is 0.479 e. The van der Waals surface area contributed by atoms with Crippen molar-refractivity contribution in [2.75, 3.05) is 11.9 Å². The van der Waals surface area contributed by atoms with E-state index in [0.29, 0.717) is 6.54 Å². The summed E-state index contributed by atoms with van der Waals surface area (Å²) >= 11 is 1.00. The van der Waals surface area contributed by atoms with Gasteiger partial charge < -0.3 is 31.1 Å².